The van der Waals surface area contributed by atoms with Crippen LogP contribution in [0.3, 0.4) is 0 Å². The second-order valence-corrected chi connectivity index (χ2v) is 7.12. The Morgan fingerprint density at radius 1 is 1.25 bits per heavy atom. The Morgan fingerprint density at radius 2 is 2.00 bits per heavy atom. The van der Waals surface area contributed by atoms with Crippen molar-refractivity contribution in [3.63, 3.8) is 0 Å². The molecule has 132 valence electrons. The largest absolute Gasteiger partial charge is 0.497 e. The van der Waals surface area contributed by atoms with Crippen molar-refractivity contribution >= 4 is 22.9 Å². The van der Waals surface area contributed by atoms with E-state index in [0.29, 0.717) is 11.6 Å². The van der Waals surface area contributed by atoms with Crippen LogP contribution in [0.5, 0.6) is 0 Å². The molecule has 1 aromatic carbocycles. The fraction of sp³-hybridized carbons (Fsp3) is 0.474. The van der Waals surface area contributed by atoms with Crippen LogP contribution in [0.15, 0.2) is 35.8 Å². The first-order chi connectivity index (χ1) is 11.4. The topological polar surface area (TPSA) is 50.7 Å². The van der Waals surface area contributed by atoms with Crippen LogP contribution < -0.4 is 5.32 Å². The van der Waals surface area contributed by atoms with Crippen molar-refractivity contribution in [3.05, 3.63) is 46.4 Å². The number of aliphatic hydroxyl groups excluding tert-OH is 1. The van der Waals surface area contributed by atoms with E-state index >= 15 is 0 Å². The minimum Gasteiger partial charge on any atom is -0.497 e. The van der Waals surface area contributed by atoms with Gasteiger partial charge in [-0.2, -0.15) is 0 Å². The average Bonchev–Trinajstić information content (AvgIpc) is 2.59. The quantitative estimate of drug-likeness (QED) is 0.761. The SMILES string of the molecule is COC1=C(OC)C(c2cc(Cl)ccc2NCC(C)(C)CO)=CCC1. The highest BCUT2D eigenvalue weighted by Gasteiger charge is 2.23. The van der Waals surface area contributed by atoms with E-state index in [1.807, 2.05) is 32.0 Å². The summed E-state index contributed by atoms with van der Waals surface area (Å²) in [6.45, 7) is 4.79. The standard InChI is InChI=1S/C19H26ClNO3/c1-19(2,12-22)11-21-16-9-8-13(20)10-15(16)14-6-5-7-17(23-3)18(14)24-4/h6,8-10,21-22H,5,7,11-12H2,1-4H3. The summed E-state index contributed by atoms with van der Waals surface area (Å²) in [5.74, 6) is 1.59. The fourth-order valence-electron chi connectivity index (χ4n) is 2.64. The predicted octanol–water partition coefficient (Wildman–Crippen LogP) is 4.45. The molecule has 0 amide bonds. The first-order valence-corrected chi connectivity index (χ1v) is 8.46. The van der Waals surface area contributed by atoms with E-state index in [2.05, 4.69) is 11.4 Å². The predicted molar refractivity (Wildman–Crippen MR) is 99.1 cm³/mol. The zero-order valence-corrected chi connectivity index (χ0v) is 15.5. The molecule has 0 atom stereocenters. The van der Waals surface area contributed by atoms with Gasteiger partial charge in [0, 0.05) is 46.8 Å². The van der Waals surface area contributed by atoms with E-state index in [-0.39, 0.29) is 12.0 Å². The van der Waals surface area contributed by atoms with Gasteiger partial charge in [0.05, 0.1) is 14.2 Å². The van der Waals surface area contributed by atoms with Crippen LogP contribution in [-0.2, 0) is 9.47 Å². The molecule has 5 heteroatoms. The monoisotopic (exact) mass is 351 g/mol. The molecule has 24 heavy (non-hydrogen) atoms. The number of methoxy groups -OCH3 is 2. The maximum absolute atomic E-state index is 9.46. The molecule has 1 aliphatic carbocycles. The Morgan fingerprint density at radius 3 is 2.62 bits per heavy atom. The maximum Gasteiger partial charge on any atom is 0.163 e. The summed E-state index contributed by atoms with van der Waals surface area (Å²) in [6, 6.07) is 5.75. The van der Waals surface area contributed by atoms with Gasteiger partial charge >= 0.3 is 0 Å². The highest BCUT2D eigenvalue weighted by Crippen LogP contribution is 2.38. The number of allylic oxidation sites excluding steroid dienone is 3. The minimum atomic E-state index is -0.213. The van der Waals surface area contributed by atoms with E-state index in [0.717, 1.165) is 41.2 Å². The molecule has 4 nitrogen and oxygen atoms in total. The Bertz CT molecular complexity index is 650. The van der Waals surface area contributed by atoms with Crippen LogP contribution in [0.2, 0.25) is 5.02 Å². The van der Waals surface area contributed by atoms with Gasteiger partial charge in [-0.15, -0.1) is 0 Å². The number of aliphatic hydroxyl groups is 1. The molecule has 0 aromatic heterocycles. The van der Waals surface area contributed by atoms with Gasteiger partial charge in [-0.05, 0) is 24.6 Å². The van der Waals surface area contributed by atoms with Gasteiger partial charge in [0.25, 0.3) is 0 Å². The molecule has 0 bridgehead atoms. The summed E-state index contributed by atoms with van der Waals surface area (Å²) >= 11 is 6.23. The molecule has 0 aliphatic heterocycles. The van der Waals surface area contributed by atoms with Crippen molar-refractivity contribution in [1.82, 2.24) is 0 Å². The number of hydrogen-bond donors (Lipinski definition) is 2. The first-order valence-electron chi connectivity index (χ1n) is 8.08. The molecule has 0 radical (unpaired) electrons. The molecule has 0 unspecified atom stereocenters. The zero-order chi connectivity index (χ0) is 17.7. The normalized spacial score (nSPS) is 15.2. The van der Waals surface area contributed by atoms with Crippen LogP contribution in [0, 0.1) is 5.41 Å². The second kappa shape index (κ2) is 7.95. The maximum atomic E-state index is 9.46. The molecule has 0 saturated carbocycles. The highest BCUT2D eigenvalue weighted by atomic mass is 35.5. The molecule has 1 aliphatic rings. The smallest absolute Gasteiger partial charge is 0.163 e. The molecule has 2 N–H and O–H groups in total. The lowest BCUT2D eigenvalue weighted by atomic mass is 9.93. The molecule has 0 spiro atoms. The third-order valence-corrected chi connectivity index (χ3v) is 4.36. The molecule has 0 heterocycles. The van der Waals surface area contributed by atoms with E-state index in [1.54, 1.807) is 14.2 Å². The van der Waals surface area contributed by atoms with E-state index < -0.39 is 0 Å². The van der Waals surface area contributed by atoms with Gasteiger partial charge in [0.15, 0.2) is 5.76 Å². The minimum absolute atomic E-state index is 0.114. The number of anilines is 1. The average molecular weight is 352 g/mol. The van der Waals surface area contributed by atoms with Crippen LogP contribution in [0.4, 0.5) is 5.69 Å². The van der Waals surface area contributed by atoms with Crippen molar-refractivity contribution in [2.75, 3.05) is 32.7 Å². The van der Waals surface area contributed by atoms with Crippen LogP contribution in [0.25, 0.3) is 5.57 Å². The molecule has 0 fully saturated rings. The number of ether oxygens (including phenoxy) is 2. The summed E-state index contributed by atoms with van der Waals surface area (Å²) in [4.78, 5) is 0. The molecular formula is C19H26ClNO3. The zero-order valence-electron chi connectivity index (χ0n) is 14.8. The Hall–Kier alpha value is -1.65. The molecule has 0 saturated heterocycles. The molecule has 2 rings (SSSR count). The van der Waals surface area contributed by atoms with Crippen molar-refractivity contribution in [2.45, 2.75) is 26.7 Å². The van der Waals surface area contributed by atoms with Crippen molar-refractivity contribution in [3.8, 4) is 0 Å². The summed E-state index contributed by atoms with van der Waals surface area (Å²) in [7, 11) is 3.32. The van der Waals surface area contributed by atoms with Crippen molar-refractivity contribution in [1.29, 1.82) is 0 Å². The van der Waals surface area contributed by atoms with Gasteiger partial charge < -0.3 is 19.9 Å². The summed E-state index contributed by atoms with van der Waals surface area (Å²) in [5.41, 5.74) is 2.70. The second-order valence-electron chi connectivity index (χ2n) is 6.68. The third-order valence-electron chi connectivity index (χ3n) is 4.13. The van der Waals surface area contributed by atoms with Gasteiger partial charge in [0.1, 0.15) is 5.76 Å². The lowest BCUT2D eigenvalue weighted by Gasteiger charge is -2.26. The van der Waals surface area contributed by atoms with Crippen molar-refractivity contribution < 1.29 is 14.6 Å². The third kappa shape index (κ3) is 4.25. The fourth-order valence-corrected chi connectivity index (χ4v) is 2.81. The Kier molecular flexibility index (Phi) is 6.19. The van der Waals surface area contributed by atoms with E-state index in [9.17, 15) is 5.11 Å². The first kappa shape index (κ1) is 18.7. The molecular weight excluding hydrogens is 326 g/mol. The number of benzene rings is 1. The number of halogens is 1. The van der Waals surface area contributed by atoms with Crippen LogP contribution in [-0.4, -0.2) is 32.5 Å². The van der Waals surface area contributed by atoms with Gasteiger partial charge in [0.2, 0.25) is 0 Å². The summed E-state index contributed by atoms with van der Waals surface area (Å²) < 4.78 is 11.1. The Balaban J connectivity index is 2.40. The summed E-state index contributed by atoms with van der Waals surface area (Å²) in [5, 5.41) is 13.6. The van der Waals surface area contributed by atoms with Crippen LogP contribution >= 0.6 is 11.6 Å². The van der Waals surface area contributed by atoms with E-state index in [1.165, 1.54) is 0 Å². The Labute approximate surface area is 149 Å². The van der Waals surface area contributed by atoms with Crippen LogP contribution in [0.1, 0.15) is 32.3 Å². The lowest BCUT2D eigenvalue weighted by molar-refractivity contribution is 0.171. The van der Waals surface area contributed by atoms with Gasteiger partial charge in [-0.1, -0.05) is 31.5 Å². The van der Waals surface area contributed by atoms with Crippen molar-refractivity contribution in [2.24, 2.45) is 5.41 Å². The number of nitrogens with one attached hydrogen (secondary N) is 1. The molecule has 1 aromatic rings. The highest BCUT2D eigenvalue weighted by molar-refractivity contribution is 6.31. The van der Waals surface area contributed by atoms with Gasteiger partial charge in [-0.3, -0.25) is 0 Å². The number of hydrogen-bond acceptors (Lipinski definition) is 4. The number of rotatable bonds is 7. The van der Waals surface area contributed by atoms with E-state index in [4.69, 9.17) is 21.1 Å². The lowest BCUT2D eigenvalue weighted by Crippen LogP contribution is -2.27. The van der Waals surface area contributed by atoms with Gasteiger partial charge in [-0.25, -0.2) is 0 Å². The summed E-state index contributed by atoms with van der Waals surface area (Å²) in [6.07, 6.45) is 3.86.